The van der Waals surface area contributed by atoms with Crippen molar-refractivity contribution in [1.82, 2.24) is 4.73 Å². The second-order valence-corrected chi connectivity index (χ2v) is 5.06. The molecule has 0 fully saturated rings. The van der Waals surface area contributed by atoms with Crippen LogP contribution < -0.4 is 4.84 Å². The van der Waals surface area contributed by atoms with E-state index in [9.17, 15) is 0 Å². The Morgan fingerprint density at radius 3 is 2.05 bits per heavy atom. The van der Waals surface area contributed by atoms with Crippen molar-refractivity contribution < 1.29 is 9.57 Å². The van der Waals surface area contributed by atoms with Crippen molar-refractivity contribution in [1.29, 1.82) is 0 Å². The number of aromatic nitrogens is 1. The first-order valence-corrected chi connectivity index (χ1v) is 7.23. The predicted molar refractivity (Wildman–Crippen MR) is 87.7 cm³/mol. The first-order valence-electron chi connectivity index (χ1n) is 7.23. The maximum atomic E-state index is 5.70. The first kappa shape index (κ1) is 14.4. The van der Waals surface area contributed by atoms with Gasteiger partial charge in [-0.1, -0.05) is 60.7 Å². The normalized spacial score (nSPS) is 12.1. The standard InChI is InChI=1S/C19H19NO2/c1-21-19(16-11-7-4-8-12-16)17-13-18(20(14-17)22-2)15-9-5-3-6-10-15/h3-14,19H,1-2H3. The van der Waals surface area contributed by atoms with Crippen LogP contribution in [0.4, 0.5) is 0 Å². The SMILES string of the molecule is COC(c1ccccc1)c1cc(-c2ccccc2)n(OC)c1. The maximum Gasteiger partial charge on any atom is 0.109 e. The molecule has 3 heteroatoms. The second kappa shape index (κ2) is 6.50. The Kier molecular flexibility index (Phi) is 4.26. The fourth-order valence-corrected chi connectivity index (χ4v) is 2.67. The molecule has 2 aromatic carbocycles. The number of hydrogen-bond acceptors (Lipinski definition) is 2. The van der Waals surface area contributed by atoms with Gasteiger partial charge >= 0.3 is 0 Å². The van der Waals surface area contributed by atoms with Gasteiger partial charge in [0.1, 0.15) is 13.2 Å². The topological polar surface area (TPSA) is 23.4 Å². The van der Waals surface area contributed by atoms with Crippen molar-refractivity contribution in [2.45, 2.75) is 6.10 Å². The van der Waals surface area contributed by atoms with Gasteiger partial charge in [-0.15, -0.1) is 0 Å². The zero-order valence-corrected chi connectivity index (χ0v) is 12.8. The fourth-order valence-electron chi connectivity index (χ4n) is 2.67. The molecule has 22 heavy (non-hydrogen) atoms. The molecule has 0 saturated heterocycles. The molecule has 0 bridgehead atoms. The molecule has 0 N–H and O–H groups in total. The third-order valence-corrected chi connectivity index (χ3v) is 3.71. The van der Waals surface area contributed by atoms with Crippen LogP contribution in [0.15, 0.2) is 72.9 Å². The van der Waals surface area contributed by atoms with Gasteiger partial charge in [-0.2, -0.15) is 4.73 Å². The van der Waals surface area contributed by atoms with Gasteiger partial charge in [-0.05, 0) is 11.6 Å². The largest absolute Gasteiger partial charge is 0.417 e. The molecule has 0 radical (unpaired) electrons. The van der Waals surface area contributed by atoms with Crippen LogP contribution in [0.5, 0.6) is 0 Å². The minimum absolute atomic E-state index is 0.111. The highest BCUT2D eigenvalue weighted by atomic mass is 16.6. The minimum Gasteiger partial charge on any atom is -0.417 e. The molecule has 1 heterocycles. The molecule has 0 spiro atoms. The van der Waals surface area contributed by atoms with Gasteiger partial charge in [0.05, 0.1) is 11.9 Å². The quantitative estimate of drug-likeness (QED) is 0.711. The molecule has 3 rings (SSSR count). The molecule has 0 aliphatic carbocycles. The van der Waals surface area contributed by atoms with Crippen molar-refractivity contribution in [2.75, 3.05) is 14.2 Å². The zero-order chi connectivity index (χ0) is 15.4. The molecular formula is C19H19NO2. The third-order valence-electron chi connectivity index (χ3n) is 3.71. The summed E-state index contributed by atoms with van der Waals surface area (Å²) < 4.78 is 7.48. The van der Waals surface area contributed by atoms with Crippen molar-refractivity contribution in [3.63, 3.8) is 0 Å². The number of rotatable bonds is 5. The summed E-state index contributed by atoms with van der Waals surface area (Å²) in [7, 11) is 3.39. The molecule has 112 valence electrons. The molecule has 0 saturated carbocycles. The number of nitrogens with zero attached hydrogens (tertiary/aromatic N) is 1. The Morgan fingerprint density at radius 2 is 1.45 bits per heavy atom. The number of ether oxygens (including phenoxy) is 1. The van der Waals surface area contributed by atoms with E-state index in [1.54, 1.807) is 19.0 Å². The average molecular weight is 293 g/mol. The van der Waals surface area contributed by atoms with Crippen molar-refractivity contribution >= 4 is 0 Å². The lowest BCUT2D eigenvalue weighted by Crippen LogP contribution is -2.06. The summed E-state index contributed by atoms with van der Waals surface area (Å²) in [6.45, 7) is 0. The molecule has 1 aromatic heterocycles. The van der Waals surface area contributed by atoms with Gasteiger partial charge in [0.2, 0.25) is 0 Å². The maximum absolute atomic E-state index is 5.70. The van der Waals surface area contributed by atoms with E-state index in [-0.39, 0.29) is 6.10 Å². The second-order valence-electron chi connectivity index (χ2n) is 5.06. The van der Waals surface area contributed by atoms with Crippen molar-refractivity contribution in [3.8, 4) is 11.3 Å². The summed E-state index contributed by atoms with van der Waals surface area (Å²) in [6, 6.07) is 22.5. The van der Waals surface area contributed by atoms with Gasteiger partial charge in [-0.3, -0.25) is 0 Å². The Morgan fingerprint density at radius 1 is 0.818 bits per heavy atom. The highest BCUT2D eigenvalue weighted by Gasteiger charge is 2.18. The summed E-state index contributed by atoms with van der Waals surface area (Å²) in [5.74, 6) is 0. The van der Waals surface area contributed by atoms with E-state index >= 15 is 0 Å². The summed E-state index contributed by atoms with van der Waals surface area (Å²) in [5, 5.41) is 0. The lowest BCUT2D eigenvalue weighted by Gasteiger charge is -2.14. The van der Waals surface area contributed by atoms with Crippen LogP contribution in [0.3, 0.4) is 0 Å². The lowest BCUT2D eigenvalue weighted by molar-refractivity contribution is 0.133. The molecule has 3 nitrogen and oxygen atoms in total. The lowest BCUT2D eigenvalue weighted by atomic mass is 10.0. The summed E-state index contributed by atoms with van der Waals surface area (Å²) in [5.41, 5.74) is 4.31. The highest BCUT2D eigenvalue weighted by Crippen LogP contribution is 2.30. The monoisotopic (exact) mass is 293 g/mol. The molecule has 0 aliphatic heterocycles. The van der Waals surface area contributed by atoms with Gasteiger partial charge in [0.25, 0.3) is 0 Å². The van der Waals surface area contributed by atoms with Gasteiger partial charge in [-0.25, -0.2) is 0 Å². The van der Waals surface area contributed by atoms with Crippen LogP contribution in [0.2, 0.25) is 0 Å². The number of methoxy groups -OCH3 is 1. The molecule has 1 unspecified atom stereocenters. The molecule has 0 aliphatic rings. The van der Waals surface area contributed by atoms with Gasteiger partial charge in [0, 0.05) is 18.2 Å². The van der Waals surface area contributed by atoms with Crippen LogP contribution in [-0.2, 0) is 4.74 Å². The summed E-state index contributed by atoms with van der Waals surface area (Å²) >= 11 is 0. The smallest absolute Gasteiger partial charge is 0.109 e. The average Bonchev–Trinajstić information content (AvgIpc) is 3.01. The highest BCUT2D eigenvalue weighted by molar-refractivity contribution is 5.61. The predicted octanol–water partition coefficient (Wildman–Crippen LogP) is 3.95. The zero-order valence-electron chi connectivity index (χ0n) is 12.8. The van der Waals surface area contributed by atoms with Crippen molar-refractivity contribution in [2.24, 2.45) is 0 Å². The molecule has 3 aromatic rings. The van der Waals surface area contributed by atoms with E-state index in [0.29, 0.717) is 0 Å². The first-order chi connectivity index (χ1) is 10.8. The van der Waals surface area contributed by atoms with Crippen LogP contribution in [0, 0.1) is 0 Å². The fraction of sp³-hybridized carbons (Fsp3) is 0.158. The van der Waals surface area contributed by atoms with Gasteiger partial charge in [0.15, 0.2) is 0 Å². The van der Waals surface area contributed by atoms with E-state index in [4.69, 9.17) is 9.57 Å². The van der Waals surface area contributed by atoms with E-state index in [2.05, 4.69) is 30.3 Å². The molecule has 0 amide bonds. The third kappa shape index (κ3) is 2.76. The molecular weight excluding hydrogens is 274 g/mol. The van der Waals surface area contributed by atoms with Crippen LogP contribution in [-0.4, -0.2) is 19.0 Å². The number of hydrogen-bond donors (Lipinski definition) is 0. The Bertz CT molecular complexity index is 720. The van der Waals surface area contributed by atoms with Crippen LogP contribution in [0.1, 0.15) is 17.2 Å². The van der Waals surface area contributed by atoms with Crippen LogP contribution >= 0.6 is 0 Å². The minimum atomic E-state index is -0.111. The van der Waals surface area contributed by atoms with E-state index in [0.717, 1.165) is 22.4 Å². The van der Waals surface area contributed by atoms with Crippen molar-refractivity contribution in [3.05, 3.63) is 84.1 Å². The summed E-state index contributed by atoms with van der Waals surface area (Å²) in [6.07, 6.45) is 1.86. The van der Waals surface area contributed by atoms with E-state index in [1.807, 2.05) is 42.6 Å². The Hall–Kier alpha value is -2.52. The summed E-state index contributed by atoms with van der Waals surface area (Å²) in [4.78, 5) is 5.47. The molecule has 1 atom stereocenters. The number of benzene rings is 2. The Balaban J connectivity index is 2.03. The van der Waals surface area contributed by atoms with E-state index < -0.39 is 0 Å². The van der Waals surface area contributed by atoms with Crippen LogP contribution in [0.25, 0.3) is 11.3 Å². The van der Waals surface area contributed by atoms with Gasteiger partial charge < -0.3 is 9.57 Å². The van der Waals surface area contributed by atoms with E-state index in [1.165, 1.54) is 0 Å². The Labute approximate surface area is 130 Å².